The van der Waals surface area contributed by atoms with E-state index in [2.05, 4.69) is 80.5 Å². The molecule has 0 radical (unpaired) electrons. The van der Waals surface area contributed by atoms with E-state index in [0.717, 1.165) is 40.7 Å². The lowest BCUT2D eigenvalue weighted by molar-refractivity contribution is 0.487. The standard InChI is InChI=1S/C25H26N4.C2H6.C2H4/c1-17(2)16-29-25(27-24(28-29)23-13-18(3)26-19(4)14-23)22-12-8-11-21(15-22)20-9-6-5-7-10-20;2*1-2/h5-15,17H,16H2,1-4H3;1-2H3;1-2H2. The van der Waals surface area contributed by atoms with Crippen LogP contribution in [0, 0.1) is 19.8 Å². The van der Waals surface area contributed by atoms with Crippen molar-refractivity contribution in [1.29, 1.82) is 0 Å². The summed E-state index contributed by atoms with van der Waals surface area (Å²) in [7, 11) is 0. The number of nitrogens with zero attached hydrogens (tertiary/aromatic N) is 4. The molecule has 4 rings (SSSR count). The summed E-state index contributed by atoms with van der Waals surface area (Å²) in [5, 5.41) is 4.86. The van der Waals surface area contributed by atoms with E-state index < -0.39 is 0 Å². The van der Waals surface area contributed by atoms with Crippen molar-refractivity contribution in [2.45, 2.75) is 48.1 Å². The minimum atomic E-state index is 0.474. The maximum Gasteiger partial charge on any atom is 0.181 e. The van der Waals surface area contributed by atoms with Crippen molar-refractivity contribution in [1.82, 2.24) is 19.7 Å². The summed E-state index contributed by atoms with van der Waals surface area (Å²) in [4.78, 5) is 9.42. The first kappa shape index (κ1) is 25.7. The summed E-state index contributed by atoms with van der Waals surface area (Å²) in [6, 6.07) is 23.1. The van der Waals surface area contributed by atoms with Gasteiger partial charge < -0.3 is 0 Å². The van der Waals surface area contributed by atoms with Gasteiger partial charge in [-0.1, -0.05) is 76.2 Å². The van der Waals surface area contributed by atoms with E-state index in [-0.39, 0.29) is 0 Å². The molecule has 172 valence electrons. The van der Waals surface area contributed by atoms with Crippen LogP contribution in [0.4, 0.5) is 0 Å². The van der Waals surface area contributed by atoms with Gasteiger partial charge >= 0.3 is 0 Å². The molecule has 33 heavy (non-hydrogen) atoms. The van der Waals surface area contributed by atoms with E-state index in [9.17, 15) is 0 Å². The van der Waals surface area contributed by atoms with Crippen molar-refractivity contribution in [3.05, 3.63) is 91.3 Å². The Morgan fingerprint density at radius 1 is 0.727 bits per heavy atom. The van der Waals surface area contributed by atoms with Gasteiger partial charge in [0, 0.05) is 29.1 Å². The van der Waals surface area contributed by atoms with Gasteiger partial charge in [-0.15, -0.1) is 13.2 Å². The average Bonchev–Trinajstić information content (AvgIpc) is 3.25. The van der Waals surface area contributed by atoms with Gasteiger partial charge in [0.15, 0.2) is 11.6 Å². The smallest absolute Gasteiger partial charge is 0.181 e. The van der Waals surface area contributed by atoms with E-state index in [1.165, 1.54) is 11.1 Å². The third kappa shape index (κ3) is 6.72. The van der Waals surface area contributed by atoms with Crippen LogP contribution in [0.3, 0.4) is 0 Å². The Bertz CT molecular complexity index is 1120. The van der Waals surface area contributed by atoms with Gasteiger partial charge in [-0.05, 0) is 49.1 Å². The molecule has 2 heterocycles. The highest BCUT2D eigenvalue weighted by Crippen LogP contribution is 2.28. The highest BCUT2D eigenvalue weighted by Gasteiger charge is 2.16. The molecule has 4 heteroatoms. The molecule has 0 N–H and O–H groups in total. The second-order valence-electron chi connectivity index (χ2n) is 7.92. The Balaban J connectivity index is 0.000000914. The lowest BCUT2D eigenvalue weighted by Crippen LogP contribution is -2.08. The molecule has 0 aliphatic rings. The normalized spacial score (nSPS) is 10.2. The number of aromatic nitrogens is 4. The third-order valence-electron chi connectivity index (χ3n) is 4.78. The highest BCUT2D eigenvalue weighted by molar-refractivity contribution is 5.71. The quantitative estimate of drug-likeness (QED) is 0.298. The van der Waals surface area contributed by atoms with Crippen molar-refractivity contribution in [3.8, 4) is 33.9 Å². The predicted octanol–water partition coefficient (Wildman–Crippen LogP) is 7.78. The largest absolute Gasteiger partial charge is 0.258 e. The second kappa shape index (κ2) is 12.5. The summed E-state index contributed by atoms with van der Waals surface area (Å²) in [5.74, 6) is 2.12. The van der Waals surface area contributed by atoms with E-state index in [1.54, 1.807) is 0 Å². The first-order valence-corrected chi connectivity index (χ1v) is 11.6. The first-order chi connectivity index (χ1) is 16.0. The summed E-state index contributed by atoms with van der Waals surface area (Å²) >= 11 is 0. The van der Waals surface area contributed by atoms with Gasteiger partial charge in [0.25, 0.3) is 0 Å². The Labute approximate surface area is 199 Å². The SMILES string of the molecule is C=C.CC.Cc1cc(-c2nc(-c3cccc(-c4ccccc4)c3)n(CC(C)C)n2)cc(C)n1. The topological polar surface area (TPSA) is 43.6 Å². The Morgan fingerprint density at radius 3 is 1.91 bits per heavy atom. The van der Waals surface area contributed by atoms with Crippen LogP contribution in [0.5, 0.6) is 0 Å². The van der Waals surface area contributed by atoms with Crippen molar-refractivity contribution in [2.75, 3.05) is 0 Å². The number of hydrogen-bond acceptors (Lipinski definition) is 3. The van der Waals surface area contributed by atoms with Gasteiger partial charge in [0.1, 0.15) is 0 Å². The number of aryl methyl sites for hydroxylation is 2. The molecule has 0 unspecified atom stereocenters. The molecule has 0 aliphatic heterocycles. The highest BCUT2D eigenvalue weighted by atomic mass is 15.3. The summed E-state index contributed by atoms with van der Waals surface area (Å²) in [5.41, 5.74) is 6.43. The van der Waals surface area contributed by atoms with E-state index in [0.29, 0.717) is 5.92 Å². The second-order valence-corrected chi connectivity index (χ2v) is 7.92. The molecule has 4 aromatic rings. The van der Waals surface area contributed by atoms with Gasteiger partial charge in [0.2, 0.25) is 0 Å². The molecule has 2 aromatic heterocycles. The van der Waals surface area contributed by atoms with Crippen molar-refractivity contribution >= 4 is 0 Å². The maximum absolute atomic E-state index is 4.94. The fourth-order valence-electron chi connectivity index (χ4n) is 3.58. The lowest BCUT2D eigenvalue weighted by Gasteiger charge is -2.09. The molecular formula is C29H36N4. The van der Waals surface area contributed by atoms with E-state index >= 15 is 0 Å². The van der Waals surface area contributed by atoms with E-state index in [1.807, 2.05) is 50.6 Å². The van der Waals surface area contributed by atoms with Gasteiger partial charge in [-0.2, -0.15) is 5.10 Å². The summed E-state index contributed by atoms with van der Waals surface area (Å²) in [6.07, 6.45) is 0. The van der Waals surface area contributed by atoms with Crippen LogP contribution in [0.2, 0.25) is 0 Å². The molecule has 4 nitrogen and oxygen atoms in total. The molecule has 0 atom stereocenters. The van der Waals surface area contributed by atoms with Crippen LogP contribution in [0.25, 0.3) is 33.9 Å². The summed E-state index contributed by atoms with van der Waals surface area (Å²) < 4.78 is 2.04. The number of rotatable bonds is 5. The maximum atomic E-state index is 4.94. The van der Waals surface area contributed by atoms with E-state index in [4.69, 9.17) is 10.1 Å². The fourth-order valence-corrected chi connectivity index (χ4v) is 3.58. The minimum Gasteiger partial charge on any atom is -0.258 e. The van der Waals surface area contributed by atoms with Crippen molar-refractivity contribution in [2.24, 2.45) is 5.92 Å². The number of benzene rings is 2. The molecule has 0 amide bonds. The van der Waals surface area contributed by atoms with Gasteiger partial charge in [-0.25, -0.2) is 9.67 Å². The number of pyridine rings is 1. The average molecular weight is 441 g/mol. The summed E-state index contributed by atoms with van der Waals surface area (Å²) in [6.45, 7) is 19.2. The molecule has 0 bridgehead atoms. The van der Waals surface area contributed by atoms with Crippen LogP contribution in [-0.4, -0.2) is 19.7 Å². The third-order valence-corrected chi connectivity index (χ3v) is 4.78. The molecule has 0 spiro atoms. The molecule has 0 fully saturated rings. The Hall–Kier alpha value is -3.53. The van der Waals surface area contributed by atoms with Gasteiger partial charge in [0.05, 0.1) is 0 Å². The first-order valence-electron chi connectivity index (χ1n) is 11.6. The van der Waals surface area contributed by atoms with Crippen LogP contribution in [0.15, 0.2) is 79.9 Å². The molecule has 0 saturated carbocycles. The van der Waals surface area contributed by atoms with Crippen LogP contribution >= 0.6 is 0 Å². The number of hydrogen-bond donors (Lipinski definition) is 0. The zero-order valence-electron chi connectivity index (χ0n) is 20.8. The molecule has 2 aromatic carbocycles. The lowest BCUT2D eigenvalue weighted by atomic mass is 10.0. The van der Waals surface area contributed by atoms with Crippen LogP contribution in [-0.2, 0) is 6.54 Å². The van der Waals surface area contributed by atoms with Crippen molar-refractivity contribution < 1.29 is 0 Å². The Morgan fingerprint density at radius 2 is 1.30 bits per heavy atom. The molecular weight excluding hydrogens is 404 g/mol. The van der Waals surface area contributed by atoms with Crippen LogP contribution < -0.4 is 0 Å². The molecule has 0 saturated heterocycles. The zero-order chi connectivity index (χ0) is 24.4. The molecule has 0 aliphatic carbocycles. The minimum absolute atomic E-state index is 0.474. The zero-order valence-corrected chi connectivity index (χ0v) is 20.8. The predicted molar refractivity (Wildman–Crippen MR) is 141 cm³/mol. The van der Waals surface area contributed by atoms with Gasteiger partial charge in [-0.3, -0.25) is 4.98 Å². The monoisotopic (exact) mass is 440 g/mol. The van der Waals surface area contributed by atoms with Crippen molar-refractivity contribution in [3.63, 3.8) is 0 Å². The fraction of sp³-hybridized carbons (Fsp3) is 0.276. The van der Waals surface area contributed by atoms with Crippen LogP contribution in [0.1, 0.15) is 39.1 Å². The Kier molecular flexibility index (Phi) is 9.74.